The van der Waals surface area contributed by atoms with Crippen LogP contribution in [0.1, 0.15) is 20.3 Å². The minimum atomic E-state index is -0.424. The Hall–Kier alpha value is -1.24. The first-order valence-corrected chi connectivity index (χ1v) is 7.69. The van der Waals surface area contributed by atoms with Gasteiger partial charge in [-0.3, -0.25) is 4.90 Å². The van der Waals surface area contributed by atoms with Crippen molar-refractivity contribution in [2.24, 2.45) is 0 Å². The lowest BCUT2D eigenvalue weighted by Gasteiger charge is -2.24. The lowest BCUT2D eigenvalue weighted by molar-refractivity contribution is -0.00767. The van der Waals surface area contributed by atoms with Crippen molar-refractivity contribution >= 4 is 5.95 Å². The molecule has 0 spiro atoms. The van der Waals surface area contributed by atoms with Crippen molar-refractivity contribution in [1.82, 2.24) is 14.9 Å². The second-order valence-electron chi connectivity index (χ2n) is 5.73. The Morgan fingerprint density at radius 1 is 1.19 bits per heavy atom. The van der Waals surface area contributed by atoms with Crippen LogP contribution in [0, 0.1) is 0 Å². The van der Waals surface area contributed by atoms with Crippen molar-refractivity contribution in [3.63, 3.8) is 0 Å². The third kappa shape index (κ3) is 5.57. The standard InChI is InChI=1S/C15H26N4O2/c1-13(2)21-12-14(20)11-18-7-4-8-19(10-9-18)15-16-5-3-6-17-15/h3,5-6,13-14,20H,4,7-12H2,1-2H3/t14-/m0/s1. The van der Waals surface area contributed by atoms with Gasteiger partial charge < -0.3 is 14.7 Å². The molecule has 0 aliphatic carbocycles. The molecule has 6 heteroatoms. The molecule has 2 heterocycles. The topological polar surface area (TPSA) is 61.7 Å². The van der Waals surface area contributed by atoms with E-state index < -0.39 is 6.10 Å². The van der Waals surface area contributed by atoms with E-state index in [-0.39, 0.29) is 6.10 Å². The number of rotatable bonds is 6. The number of hydrogen-bond donors (Lipinski definition) is 1. The van der Waals surface area contributed by atoms with Crippen LogP contribution in [-0.4, -0.2) is 71.5 Å². The Bertz CT molecular complexity index is 402. The summed E-state index contributed by atoms with van der Waals surface area (Å²) in [7, 11) is 0. The molecule has 0 radical (unpaired) electrons. The van der Waals surface area contributed by atoms with Crippen LogP contribution < -0.4 is 4.90 Å². The first kappa shape index (κ1) is 16.1. The van der Waals surface area contributed by atoms with Gasteiger partial charge in [0.1, 0.15) is 0 Å². The Morgan fingerprint density at radius 2 is 1.95 bits per heavy atom. The molecule has 1 aromatic rings. The van der Waals surface area contributed by atoms with Crippen molar-refractivity contribution in [2.75, 3.05) is 44.2 Å². The Labute approximate surface area is 126 Å². The van der Waals surface area contributed by atoms with Gasteiger partial charge in [0.05, 0.1) is 18.8 Å². The first-order valence-electron chi connectivity index (χ1n) is 7.69. The van der Waals surface area contributed by atoms with E-state index in [0.717, 1.165) is 38.5 Å². The maximum atomic E-state index is 10.0. The van der Waals surface area contributed by atoms with Crippen molar-refractivity contribution in [2.45, 2.75) is 32.5 Å². The molecular weight excluding hydrogens is 268 g/mol. The molecule has 1 atom stereocenters. The van der Waals surface area contributed by atoms with Gasteiger partial charge in [0.2, 0.25) is 5.95 Å². The summed E-state index contributed by atoms with van der Waals surface area (Å²) in [6.07, 6.45) is 4.34. The van der Waals surface area contributed by atoms with Gasteiger partial charge in [-0.05, 0) is 32.9 Å². The predicted octanol–water partition coefficient (Wildman–Crippen LogP) is 0.775. The molecule has 2 rings (SSSR count). The second-order valence-corrected chi connectivity index (χ2v) is 5.73. The normalized spacial score (nSPS) is 18.8. The summed E-state index contributed by atoms with van der Waals surface area (Å²) in [6, 6.07) is 1.83. The lowest BCUT2D eigenvalue weighted by Crippen LogP contribution is -2.38. The summed E-state index contributed by atoms with van der Waals surface area (Å²) in [6.45, 7) is 8.78. The summed E-state index contributed by atoms with van der Waals surface area (Å²) in [4.78, 5) is 13.1. The van der Waals surface area contributed by atoms with E-state index in [1.54, 1.807) is 12.4 Å². The van der Waals surface area contributed by atoms with E-state index in [9.17, 15) is 5.11 Å². The minimum absolute atomic E-state index is 0.162. The van der Waals surface area contributed by atoms with Gasteiger partial charge in [0.25, 0.3) is 0 Å². The largest absolute Gasteiger partial charge is 0.389 e. The highest BCUT2D eigenvalue weighted by atomic mass is 16.5. The van der Waals surface area contributed by atoms with Gasteiger partial charge >= 0.3 is 0 Å². The molecule has 0 aromatic carbocycles. The number of aliphatic hydroxyl groups excluding tert-OH is 1. The number of nitrogens with zero attached hydrogens (tertiary/aromatic N) is 4. The highest BCUT2D eigenvalue weighted by Crippen LogP contribution is 2.10. The maximum Gasteiger partial charge on any atom is 0.225 e. The number of hydrogen-bond acceptors (Lipinski definition) is 6. The quantitative estimate of drug-likeness (QED) is 0.836. The summed E-state index contributed by atoms with van der Waals surface area (Å²) in [5, 5.41) is 10.0. The number of anilines is 1. The van der Waals surface area contributed by atoms with Crippen LogP contribution in [0.3, 0.4) is 0 Å². The average molecular weight is 294 g/mol. The monoisotopic (exact) mass is 294 g/mol. The third-order valence-corrected chi connectivity index (χ3v) is 3.51. The highest BCUT2D eigenvalue weighted by Gasteiger charge is 2.19. The summed E-state index contributed by atoms with van der Waals surface area (Å²) >= 11 is 0. The Kier molecular flexibility index (Phi) is 6.35. The molecule has 1 aliphatic rings. The van der Waals surface area contributed by atoms with Gasteiger partial charge in [0.15, 0.2) is 0 Å². The van der Waals surface area contributed by atoms with Gasteiger partial charge in [-0.15, -0.1) is 0 Å². The van der Waals surface area contributed by atoms with Crippen LogP contribution >= 0.6 is 0 Å². The van der Waals surface area contributed by atoms with E-state index in [0.29, 0.717) is 13.2 Å². The fourth-order valence-corrected chi connectivity index (χ4v) is 2.46. The van der Waals surface area contributed by atoms with Crippen LogP contribution in [0.2, 0.25) is 0 Å². The van der Waals surface area contributed by atoms with E-state index >= 15 is 0 Å². The second kappa shape index (κ2) is 8.26. The van der Waals surface area contributed by atoms with Gasteiger partial charge in [0, 0.05) is 38.6 Å². The average Bonchev–Trinajstić information content (AvgIpc) is 2.72. The van der Waals surface area contributed by atoms with E-state index in [1.165, 1.54) is 0 Å². The van der Waals surface area contributed by atoms with Crippen molar-refractivity contribution < 1.29 is 9.84 Å². The summed E-state index contributed by atoms with van der Waals surface area (Å²) in [5.41, 5.74) is 0. The minimum Gasteiger partial charge on any atom is -0.389 e. The zero-order valence-electron chi connectivity index (χ0n) is 13.0. The SMILES string of the molecule is CC(C)OC[C@@H](O)CN1CCCN(c2ncccn2)CC1. The van der Waals surface area contributed by atoms with E-state index in [2.05, 4.69) is 19.8 Å². The van der Waals surface area contributed by atoms with Gasteiger partial charge in [-0.2, -0.15) is 0 Å². The summed E-state index contributed by atoms with van der Waals surface area (Å²) < 4.78 is 5.46. The van der Waals surface area contributed by atoms with Crippen molar-refractivity contribution in [1.29, 1.82) is 0 Å². The zero-order chi connectivity index (χ0) is 15.1. The third-order valence-electron chi connectivity index (χ3n) is 3.51. The van der Waals surface area contributed by atoms with E-state index in [1.807, 2.05) is 19.9 Å². The van der Waals surface area contributed by atoms with Crippen LogP contribution in [0.25, 0.3) is 0 Å². The molecule has 0 saturated carbocycles. The molecule has 1 aliphatic heterocycles. The van der Waals surface area contributed by atoms with Gasteiger partial charge in [-0.25, -0.2) is 9.97 Å². The Morgan fingerprint density at radius 3 is 2.67 bits per heavy atom. The molecule has 6 nitrogen and oxygen atoms in total. The molecule has 21 heavy (non-hydrogen) atoms. The van der Waals surface area contributed by atoms with Crippen molar-refractivity contribution in [3.8, 4) is 0 Å². The van der Waals surface area contributed by atoms with Gasteiger partial charge in [-0.1, -0.05) is 0 Å². The van der Waals surface area contributed by atoms with E-state index in [4.69, 9.17) is 4.74 Å². The number of aliphatic hydroxyl groups is 1. The predicted molar refractivity (Wildman–Crippen MR) is 82.4 cm³/mol. The smallest absolute Gasteiger partial charge is 0.225 e. The Balaban J connectivity index is 1.78. The molecule has 118 valence electrons. The van der Waals surface area contributed by atoms with Crippen LogP contribution in [0.5, 0.6) is 0 Å². The fraction of sp³-hybridized carbons (Fsp3) is 0.733. The molecule has 0 amide bonds. The molecule has 0 unspecified atom stereocenters. The maximum absolute atomic E-state index is 10.0. The van der Waals surface area contributed by atoms with Crippen LogP contribution in [0.4, 0.5) is 5.95 Å². The lowest BCUT2D eigenvalue weighted by atomic mass is 10.3. The molecule has 0 bridgehead atoms. The molecular formula is C15H26N4O2. The first-order chi connectivity index (χ1) is 10.1. The summed E-state index contributed by atoms with van der Waals surface area (Å²) in [5.74, 6) is 0.794. The number of ether oxygens (including phenoxy) is 1. The van der Waals surface area contributed by atoms with Crippen LogP contribution in [0.15, 0.2) is 18.5 Å². The highest BCUT2D eigenvalue weighted by molar-refractivity contribution is 5.28. The number of β-amino-alcohol motifs (C(OH)–C–C–N with tert-alkyl or cyclic N) is 1. The number of aromatic nitrogens is 2. The van der Waals surface area contributed by atoms with Crippen molar-refractivity contribution in [3.05, 3.63) is 18.5 Å². The fourth-order valence-electron chi connectivity index (χ4n) is 2.46. The molecule has 1 fully saturated rings. The molecule has 1 aromatic heterocycles. The molecule has 1 N–H and O–H groups in total. The molecule has 1 saturated heterocycles. The van der Waals surface area contributed by atoms with Crippen LogP contribution in [-0.2, 0) is 4.74 Å². The zero-order valence-corrected chi connectivity index (χ0v) is 13.0.